The normalized spacial score (nSPS) is 12.7. The number of halogens is 4. The van der Waals surface area contributed by atoms with Crippen LogP contribution in [-0.4, -0.2) is 23.2 Å². The van der Waals surface area contributed by atoms with Gasteiger partial charge in [-0.25, -0.2) is 0 Å². The van der Waals surface area contributed by atoms with Crippen LogP contribution in [-0.2, 0) is 10.1 Å². The number of phenols is 2. The molecule has 0 fully saturated rings. The smallest absolute Gasteiger partial charge is 0.295 e. The number of rotatable bonds is 3. The molecule has 3 aromatic rings. The van der Waals surface area contributed by atoms with E-state index < -0.39 is 10.1 Å². The first-order chi connectivity index (χ1) is 14.4. The van der Waals surface area contributed by atoms with Crippen LogP contribution in [0.4, 0.5) is 0 Å². The van der Waals surface area contributed by atoms with E-state index in [0.29, 0.717) is 45.0 Å². The Kier molecular flexibility index (Phi) is 7.10. The van der Waals surface area contributed by atoms with E-state index in [4.69, 9.17) is 0 Å². The quantitative estimate of drug-likeness (QED) is 0.321. The van der Waals surface area contributed by atoms with Crippen molar-refractivity contribution in [3.63, 3.8) is 0 Å². The minimum atomic E-state index is -4.56. The molecule has 0 radical (unpaired) electrons. The molecule has 0 unspecified atom stereocenters. The fraction of sp³-hybridized carbons (Fsp3) is 0.0476. The van der Waals surface area contributed by atoms with Gasteiger partial charge in [0, 0.05) is 5.56 Å². The predicted octanol–water partition coefficient (Wildman–Crippen LogP) is 5.36. The highest BCUT2D eigenvalue weighted by Gasteiger charge is 2.23. The lowest BCUT2D eigenvalue weighted by atomic mass is 9.91. The number of hydrogen-bond acceptors (Lipinski definition) is 4. The van der Waals surface area contributed by atoms with E-state index >= 15 is 0 Å². The summed E-state index contributed by atoms with van der Waals surface area (Å²) in [6.45, 7) is 5.80. The summed E-state index contributed by atoms with van der Waals surface area (Å²) in [5.41, 5.74) is 1.85. The van der Waals surface area contributed by atoms with Crippen molar-refractivity contribution in [3.8, 4) is 11.5 Å². The van der Waals surface area contributed by atoms with Gasteiger partial charge in [-0.2, -0.15) is 8.42 Å². The maximum atomic E-state index is 12.2. The van der Waals surface area contributed by atoms with Crippen LogP contribution in [0.2, 0.25) is 0 Å². The summed E-state index contributed by atoms with van der Waals surface area (Å²) < 4.78 is 35.7. The van der Waals surface area contributed by atoms with Crippen molar-refractivity contribution in [3.05, 3.63) is 81.4 Å². The summed E-state index contributed by atoms with van der Waals surface area (Å²) in [6, 6.07) is 9.30. The monoisotopic (exact) mass is 694 g/mol. The molecule has 3 rings (SSSR count). The maximum Gasteiger partial charge on any atom is 0.295 e. The van der Waals surface area contributed by atoms with E-state index in [0.717, 1.165) is 0 Å². The highest BCUT2D eigenvalue weighted by molar-refractivity contribution is 9.11. The molecule has 0 heterocycles. The largest absolute Gasteiger partial charge is 0.506 e. The van der Waals surface area contributed by atoms with Crippen molar-refractivity contribution < 1.29 is 23.2 Å². The molecule has 10 heteroatoms. The maximum absolute atomic E-state index is 12.2. The molecule has 0 atom stereocenters. The molecular formula is C21H14Br4O5S. The molecule has 162 valence electrons. The van der Waals surface area contributed by atoms with Gasteiger partial charge in [0.1, 0.15) is 16.4 Å². The van der Waals surface area contributed by atoms with E-state index in [1.165, 1.54) is 12.1 Å². The Hall–Kier alpha value is -1.17. The molecule has 0 amide bonds. The summed E-state index contributed by atoms with van der Waals surface area (Å²) in [7, 11) is -4.56. The summed E-state index contributed by atoms with van der Waals surface area (Å²) in [5.74, 6) is -0.0625. The lowest BCUT2D eigenvalue weighted by molar-refractivity contribution is 0.467. The fourth-order valence-corrected chi connectivity index (χ4v) is 6.11. The van der Waals surface area contributed by atoms with E-state index in [1.54, 1.807) is 31.2 Å². The van der Waals surface area contributed by atoms with Crippen molar-refractivity contribution >= 4 is 86.0 Å². The lowest BCUT2D eigenvalue weighted by Crippen LogP contribution is -2.29. The Bertz CT molecular complexity index is 1450. The van der Waals surface area contributed by atoms with Crippen molar-refractivity contribution in [2.75, 3.05) is 0 Å². The molecule has 3 aromatic carbocycles. The third kappa shape index (κ3) is 4.51. The fourth-order valence-electron chi connectivity index (χ4n) is 3.17. The van der Waals surface area contributed by atoms with E-state index in [2.05, 4.69) is 70.3 Å². The second-order valence-corrected chi connectivity index (χ2v) is 11.3. The average molecular weight is 698 g/mol. The highest BCUT2D eigenvalue weighted by atomic mass is 79.9. The van der Waals surface area contributed by atoms with Crippen molar-refractivity contribution in [1.82, 2.24) is 0 Å². The van der Waals surface area contributed by atoms with Crippen LogP contribution < -0.4 is 10.4 Å². The van der Waals surface area contributed by atoms with Crippen LogP contribution >= 0.6 is 63.7 Å². The number of benzene rings is 3. The predicted molar refractivity (Wildman–Crippen MR) is 134 cm³/mol. The Morgan fingerprint density at radius 3 is 2.06 bits per heavy atom. The molecule has 0 aliphatic rings. The molecule has 0 aromatic heterocycles. The molecule has 5 nitrogen and oxygen atoms in total. The third-order valence-corrected chi connectivity index (χ3v) is 8.65. The summed E-state index contributed by atoms with van der Waals surface area (Å²) in [5, 5.41) is 21.5. The topological polar surface area (TPSA) is 94.8 Å². The first kappa shape index (κ1) is 24.5. The first-order valence-corrected chi connectivity index (χ1v) is 13.1. The van der Waals surface area contributed by atoms with Gasteiger partial charge in [-0.15, -0.1) is 0 Å². The number of hydrogen-bond donors (Lipinski definition) is 3. The van der Waals surface area contributed by atoms with Crippen LogP contribution in [0.25, 0.3) is 12.2 Å². The highest BCUT2D eigenvalue weighted by Crippen LogP contribution is 2.41. The Labute approximate surface area is 212 Å². The van der Waals surface area contributed by atoms with Gasteiger partial charge in [-0.1, -0.05) is 24.8 Å². The average Bonchev–Trinajstić information content (AvgIpc) is 2.72. The molecular weight excluding hydrogens is 684 g/mol. The Morgan fingerprint density at radius 2 is 1.45 bits per heavy atom. The Morgan fingerprint density at radius 1 is 0.903 bits per heavy atom. The van der Waals surface area contributed by atoms with Gasteiger partial charge in [0.25, 0.3) is 10.1 Å². The van der Waals surface area contributed by atoms with Crippen LogP contribution in [0.5, 0.6) is 11.5 Å². The van der Waals surface area contributed by atoms with Crippen LogP contribution in [0, 0.1) is 6.92 Å². The van der Waals surface area contributed by atoms with Gasteiger partial charge in [0.15, 0.2) is 0 Å². The molecule has 0 saturated carbocycles. The SMILES string of the molecule is C=c1c(Br)c(O)c(Br)cc1=C(c1ccccc1S(=O)(=O)O)c1cc(Br)c(O)c(Br)c1C. The minimum absolute atomic E-state index is 0.00780. The zero-order valence-electron chi connectivity index (χ0n) is 15.7. The van der Waals surface area contributed by atoms with E-state index in [-0.39, 0.29) is 22.0 Å². The third-order valence-electron chi connectivity index (χ3n) is 4.71. The van der Waals surface area contributed by atoms with E-state index in [9.17, 15) is 23.2 Å². The Balaban J connectivity index is 2.70. The second-order valence-electron chi connectivity index (χ2n) is 6.59. The van der Waals surface area contributed by atoms with Crippen LogP contribution in [0.3, 0.4) is 0 Å². The second kappa shape index (κ2) is 8.99. The number of phenolic OH excluding ortho intramolecular Hbond substituents is 2. The molecule has 0 spiro atoms. The van der Waals surface area contributed by atoms with Gasteiger partial charge < -0.3 is 10.2 Å². The standard InChI is InChI=1S/C21H14Br4O5S/c1-9-12(7-14(22)20(26)18(9)24)17(11-5-3-4-6-16(11)31(28,29)30)13-8-15(23)21(27)19(25)10(13)2/h3-8,26-27H,1H2,2H3,(H,28,29,30). The van der Waals surface area contributed by atoms with Gasteiger partial charge in [-0.3, -0.25) is 4.55 Å². The molecule has 31 heavy (non-hydrogen) atoms. The van der Waals surface area contributed by atoms with Gasteiger partial charge in [0.2, 0.25) is 0 Å². The zero-order chi connectivity index (χ0) is 23.2. The summed E-state index contributed by atoms with van der Waals surface area (Å²) in [4.78, 5) is -0.288. The molecule has 0 aliphatic carbocycles. The van der Waals surface area contributed by atoms with Gasteiger partial charge in [0.05, 0.1) is 17.9 Å². The molecule has 0 aliphatic heterocycles. The van der Waals surface area contributed by atoms with Crippen molar-refractivity contribution in [2.24, 2.45) is 0 Å². The lowest BCUT2D eigenvalue weighted by Gasteiger charge is -2.18. The first-order valence-electron chi connectivity index (χ1n) is 8.51. The van der Waals surface area contributed by atoms with Gasteiger partial charge in [-0.05, 0) is 116 Å². The molecule has 3 N–H and O–H groups in total. The van der Waals surface area contributed by atoms with Crippen molar-refractivity contribution in [1.29, 1.82) is 0 Å². The van der Waals surface area contributed by atoms with Crippen molar-refractivity contribution in [2.45, 2.75) is 11.8 Å². The summed E-state index contributed by atoms with van der Waals surface area (Å²) >= 11 is 13.3. The van der Waals surface area contributed by atoms with Crippen LogP contribution in [0.15, 0.2) is 59.2 Å². The van der Waals surface area contributed by atoms with Crippen LogP contribution in [0.1, 0.15) is 16.7 Å². The van der Waals surface area contributed by atoms with E-state index in [1.807, 2.05) is 0 Å². The number of aromatic hydroxyl groups is 2. The van der Waals surface area contributed by atoms with Gasteiger partial charge >= 0.3 is 0 Å². The minimum Gasteiger partial charge on any atom is -0.506 e. The molecule has 0 bridgehead atoms. The zero-order valence-corrected chi connectivity index (χ0v) is 22.9. The molecule has 0 saturated heterocycles. The summed E-state index contributed by atoms with van der Waals surface area (Å²) in [6.07, 6.45) is 0.